The molecule has 0 aliphatic carbocycles. The van der Waals surface area contributed by atoms with Crippen molar-refractivity contribution >= 4 is 11.6 Å². The van der Waals surface area contributed by atoms with Crippen LogP contribution in [0.25, 0.3) is 0 Å². The SMILES string of the molecule is COc1cccc(C#N)c1NC(=O)C1COC(C)C1. The molecule has 100 valence electrons. The molecule has 1 heterocycles. The fourth-order valence-corrected chi connectivity index (χ4v) is 2.15. The van der Waals surface area contributed by atoms with Crippen LogP contribution in [0.2, 0.25) is 0 Å². The van der Waals surface area contributed by atoms with E-state index in [1.807, 2.05) is 13.0 Å². The molecule has 0 saturated carbocycles. The summed E-state index contributed by atoms with van der Waals surface area (Å²) in [5.74, 6) is 0.177. The number of nitriles is 1. The predicted octanol–water partition coefficient (Wildman–Crippen LogP) is 1.93. The molecule has 2 unspecified atom stereocenters. The summed E-state index contributed by atoms with van der Waals surface area (Å²) < 4.78 is 10.6. The number of rotatable bonds is 3. The average molecular weight is 260 g/mol. The molecule has 0 bridgehead atoms. The van der Waals surface area contributed by atoms with Crippen LogP contribution in [0.3, 0.4) is 0 Å². The molecule has 1 fully saturated rings. The molecule has 0 radical (unpaired) electrons. The van der Waals surface area contributed by atoms with Crippen LogP contribution in [0.1, 0.15) is 18.9 Å². The number of anilines is 1. The normalized spacial score (nSPS) is 21.7. The monoisotopic (exact) mass is 260 g/mol. The Morgan fingerprint density at radius 3 is 2.95 bits per heavy atom. The van der Waals surface area contributed by atoms with Crippen LogP contribution < -0.4 is 10.1 Å². The third kappa shape index (κ3) is 2.85. The standard InChI is InChI=1S/C14H16N2O3/c1-9-6-11(8-19-9)14(17)16-13-10(7-15)4-3-5-12(13)18-2/h3-5,9,11H,6,8H2,1-2H3,(H,16,17). The number of hydrogen-bond donors (Lipinski definition) is 1. The van der Waals surface area contributed by atoms with Crippen molar-refractivity contribution in [1.29, 1.82) is 5.26 Å². The zero-order valence-electron chi connectivity index (χ0n) is 11.0. The van der Waals surface area contributed by atoms with E-state index < -0.39 is 0 Å². The number of nitrogens with one attached hydrogen (secondary N) is 1. The van der Waals surface area contributed by atoms with Crippen molar-refractivity contribution in [3.05, 3.63) is 23.8 Å². The molecule has 19 heavy (non-hydrogen) atoms. The van der Waals surface area contributed by atoms with Crippen molar-refractivity contribution in [3.63, 3.8) is 0 Å². The van der Waals surface area contributed by atoms with Gasteiger partial charge in [0.05, 0.1) is 31.3 Å². The lowest BCUT2D eigenvalue weighted by Crippen LogP contribution is -2.23. The number of methoxy groups -OCH3 is 1. The number of carbonyl (C=O) groups excluding carboxylic acids is 1. The van der Waals surface area contributed by atoms with Gasteiger partial charge in [-0.3, -0.25) is 4.79 Å². The Morgan fingerprint density at radius 1 is 1.58 bits per heavy atom. The Hall–Kier alpha value is -2.06. The number of amides is 1. The molecule has 2 rings (SSSR count). The molecule has 1 aliphatic rings. The molecule has 5 heteroatoms. The molecule has 1 aromatic rings. The highest BCUT2D eigenvalue weighted by molar-refractivity contribution is 5.95. The van der Waals surface area contributed by atoms with Gasteiger partial charge in [-0.25, -0.2) is 0 Å². The molecular formula is C14H16N2O3. The minimum absolute atomic E-state index is 0.101. The lowest BCUT2D eigenvalue weighted by molar-refractivity contribution is -0.119. The molecule has 0 aromatic heterocycles. The van der Waals surface area contributed by atoms with Crippen molar-refractivity contribution in [2.45, 2.75) is 19.4 Å². The Labute approximate surface area is 112 Å². The van der Waals surface area contributed by atoms with E-state index in [4.69, 9.17) is 14.7 Å². The zero-order valence-corrected chi connectivity index (χ0v) is 11.0. The second-order valence-electron chi connectivity index (χ2n) is 4.56. The first-order valence-electron chi connectivity index (χ1n) is 6.15. The molecular weight excluding hydrogens is 244 g/mol. The number of para-hydroxylation sites is 1. The highest BCUT2D eigenvalue weighted by Crippen LogP contribution is 2.29. The number of ether oxygens (including phenoxy) is 2. The van der Waals surface area contributed by atoms with E-state index in [0.717, 1.165) is 0 Å². The highest BCUT2D eigenvalue weighted by atomic mass is 16.5. The first-order valence-corrected chi connectivity index (χ1v) is 6.15. The quantitative estimate of drug-likeness (QED) is 0.901. The number of nitrogens with zero attached hydrogens (tertiary/aromatic N) is 1. The van der Waals surface area contributed by atoms with E-state index in [1.165, 1.54) is 7.11 Å². The van der Waals surface area contributed by atoms with E-state index in [-0.39, 0.29) is 17.9 Å². The van der Waals surface area contributed by atoms with Gasteiger partial charge in [0.2, 0.25) is 5.91 Å². The Bertz CT molecular complexity index is 522. The van der Waals surface area contributed by atoms with Gasteiger partial charge < -0.3 is 14.8 Å². The van der Waals surface area contributed by atoms with E-state index in [9.17, 15) is 4.79 Å². The summed E-state index contributed by atoms with van der Waals surface area (Å²) in [6, 6.07) is 7.12. The van der Waals surface area contributed by atoms with Gasteiger partial charge in [-0.15, -0.1) is 0 Å². The maximum atomic E-state index is 12.1. The van der Waals surface area contributed by atoms with Crippen LogP contribution >= 0.6 is 0 Å². The largest absolute Gasteiger partial charge is 0.495 e. The van der Waals surface area contributed by atoms with Crippen LogP contribution in [-0.4, -0.2) is 25.7 Å². The zero-order chi connectivity index (χ0) is 13.8. The van der Waals surface area contributed by atoms with Crippen LogP contribution in [0.5, 0.6) is 5.75 Å². The average Bonchev–Trinajstić information content (AvgIpc) is 2.85. The van der Waals surface area contributed by atoms with Gasteiger partial charge in [-0.2, -0.15) is 5.26 Å². The summed E-state index contributed by atoms with van der Waals surface area (Å²) in [6.45, 7) is 2.36. The van der Waals surface area contributed by atoms with Crippen molar-refractivity contribution in [2.75, 3.05) is 19.0 Å². The summed E-state index contributed by atoms with van der Waals surface area (Å²) in [7, 11) is 1.51. The minimum atomic E-state index is -0.175. The van der Waals surface area contributed by atoms with Gasteiger partial charge in [0, 0.05) is 0 Å². The van der Waals surface area contributed by atoms with Gasteiger partial charge >= 0.3 is 0 Å². The minimum Gasteiger partial charge on any atom is -0.495 e. The summed E-state index contributed by atoms with van der Waals surface area (Å²) in [5, 5.41) is 11.9. The van der Waals surface area contributed by atoms with Crippen molar-refractivity contribution in [2.24, 2.45) is 5.92 Å². The Morgan fingerprint density at radius 2 is 2.37 bits per heavy atom. The second-order valence-corrected chi connectivity index (χ2v) is 4.56. The summed E-state index contributed by atoms with van der Waals surface area (Å²) in [6.07, 6.45) is 0.798. The van der Waals surface area contributed by atoms with Gasteiger partial charge in [0.1, 0.15) is 17.5 Å². The van der Waals surface area contributed by atoms with Crippen LogP contribution in [0, 0.1) is 17.2 Å². The molecule has 1 aromatic carbocycles. The smallest absolute Gasteiger partial charge is 0.230 e. The van der Waals surface area contributed by atoms with E-state index in [1.54, 1.807) is 18.2 Å². The molecule has 5 nitrogen and oxygen atoms in total. The predicted molar refractivity (Wildman–Crippen MR) is 69.9 cm³/mol. The fraction of sp³-hybridized carbons (Fsp3) is 0.429. The first kappa shape index (κ1) is 13.4. The highest BCUT2D eigenvalue weighted by Gasteiger charge is 2.29. The van der Waals surface area contributed by atoms with Gasteiger partial charge in [-0.1, -0.05) is 6.07 Å². The van der Waals surface area contributed by atoms with Crippen molar-refractivity contribution in [3.8, 4) is 11.8 Å². The fourth-order valence-electron chi connectivity index (χ4n) is 2.15. The van der Waals surface area contributed by atoms with E-state index in [2.05, 4.69) is 5.32 Å². The van der Waals surface area contributed by atoms with E-state index >= 15 is 0 Å². The number of carbonyl (C=O) groups is 1. The van der Waals surface area contributed by atoms with Crippen LogP contribution in [-0.2, 0) is 9.53 Å². The summed E-state index contributed by atoms with van der Waals surface area (Å²) >= 11 is 0. The van der Waals surface area contributed by atoms with Crippen LogP contribution in [0.4, 0.5) is 5.69 Å². The van der Waals surface area contributed by atoms with Gasteiger partial charge in [-0.05, 0) is 25.5 Å². The van der Waals surface area contributed by atoms with Crippen molar-refractivity contribution in [1.82, 2.24) is 0 Å². The lowest BCUT2D eigenvalue weighted by Gasteiger charge is -2.13. The van der Waals surface area contributed by atoms with Gasteiger partial charge in [0.15, 0.2) is 0 Å². The Kier molecular flexibility index (Phi) is 4.03. The third-order valence-corrected chi connectivity index (χ3v) is 3.18. The topological polar surface area (TPSA) is 71.3 Å². The lowest BCUT2D eigenvalue weighted by atomic mass is 10.0. The van der Waals surface area contributed by atoms with Gasteiger partial charge in [0.25, 0.3) is 0 Å². The third-order valence-electron chi connectivity index (χ3n) is 3.18. The number of hydrogen-bond acceptors (Lipinski definition) is 4. The first-order chi connectivity index (χ1) is 9.15. The van der Waals surface area contributed by atoms with Crippen LogP contribution in [0.15, 0.2) is 18.2 Å². The maximum Gasteiger partial charge on any atom is 0.230 e. The summed E-state index contributed by atoms with van der Waals surface area (Å²) in [5.41, 5.74) is 0.816. The molecule has 1 amide bonds. The van der Waals surface area contributed by atoms with E-state index in [0.29, 0.717) is 30.0 Å². The molecule has 1 aliphatic heterocycles. The van der Waals surface area contributed by atoms with Crippen molar-refractivity contribution < 1.29 is 14.3 Å². The molecule has 2 atom stereocenters. The summed E-state index contributed by atoms with van der Waals surface area (Å²) in [4.78, 5) is 12.1. The molecule has 1 N–H and O–H groups in total. The molecule has 1 saturated heterocycles. The number of benzene rings is 1. The second kappa shape index (κ2) is 5.72. The molecule has 0 spiro atoms. The maximum absolute atomic E-state index is 12.1. The Balaban J connectivity index is 2.19.